The lowest BCUT2D eigenvalue weighted by atomic mass is 10.1. The van der Waals surface area contributed by atoms with Crippen molar-refractivity contribution < 1.29 is 19.4 Å². The first kappa shape index (κ1) is 12.7. The molecule has 0 amide bonds. The van der Waals surface area contributed by atoms with Gasteiger partial charge < -0.3 is 14.6 Å². The lowest BCUT2D eigenvalue weighted by Gasteiger charge is -2.14. The van der Waals surface area contributed by atoms with Crippen LogP contribution in [0.2, 0.25) is 0 Å². The van der Waals surface area contributed by atoms with E-state index in [1.807, 2.05) is 24.3 Å². The Hall–Kier alpha value is -2.34. The number of nitrogens with zero attached hydrogens (tertiary/aromatic N) is 1. The Morgan fingerprint density at radius 2 is 2.30 bits per heavy atom. The highest BCUT2D eigenvalue weighted by molar-refractivity contribution is 5.87. The number of hydrogen-bond donors (Lipinski definition) is 2. The van der Waals surface area contributed by atoms with Gasteiger partial charge >= 0.3 is 5.97 Å². The van der Waals surface area contributed by atoms with E-state index in [2.05, 4.69) is 10.2 Å². The van der Waals surface area contributed by atoms with E-state index >= 15 is 0 Å². The average molecular weight is 274 g/mol. The highest BCUT2D eigenvalue weighted by atomic mass is 16.5. The molecule has 1 aliphatic heterocycles. The summed E-state index contributed by atoms with van der Waals surface area (Å²) < 4.78 is 11.2. The first-order valence-electron chi connectivity index (χ1n) is 6.36. The molecule has 2 heterocycles. The molecule has 20 heavy (non-hydrogen) atoms. The van der Waals surface area contributed by atoms with Gasteiger partial charge in [-0.15, -0.1) is 0 Å². The van der Waals surface area contributed by atoms with E-state index in [1.165, 1.54) is 6.07 Å². The van der Waals surface area contributed by atoms with Crippen LogP contribution in [-0.4, -0.2) is 40.6 Å². The summed E-state index contributed by atoms with van der Waals surface area (Å²) in [7, 11) is 0. The molecule has 0 aliphatic carbocycles. The molecule has 0 spiro atoms. The summed E-state index contributed by atoms with van der Waals surface area (Å²) in [6.45, 7) is 1.29. The number of rotatable bonds is 4. The SMILES string of the molecule is O=C(O)c1cc(-c2ccccc2OC2CCOC2)n[nH]1. The third-order valence-corrected chi connectivity index (χ3v) is 3.15. The molecule has 104 valence electrons. The molecule has 1 aromatic heterocycles. The van der Waals surface area contributed by atoms with Crippen LogP contribution in [0, 0.1) is 0 Å². The number of aromatic amines is 1. The van der Waals surface area contributed by atoms with Crippen LogP contribution < -0.4 is 4.74 Å². The van der Waals surface area contributed by atoms with Crippen LogP contribution in [0.4, 0.5) is 0 Å². The monoisotopic (exact) mass is 274 g/mol. The molecule has 6 nitrogen and oxygen atoms in total. The van der Waals surface area contributed by atoms with Gasteiger partial charge in [0, 0.05) is 12.0 Å². The van der Waals surface area contributed by atoms with Gasteiger partial charge in [-0.05, 0) is 18.2 Å². The molecule has 1 saturated heterocycles. The number of hydrogen-bond acceptors (Lipinski definition) is 4. The second-order valence-electron chi connectivity index (χ2n) is 4.57. The quantitative estimate of drug-likeness (QED) is 0.890. The molecule has 3 rings (SSSR count). The summed E-state index contributed by atoms with van der Waals surface area (Å²) in [6.07, 6.45) is 0.893. The zero-order valence-electron chi connectivity index (χ0n) is 10.7. The van der Waals surface area contributed by atoms with Crippen molar-refractivity contribution in [2.24, 2.45) is 0 Å². The minimum atomic E-state index is -1.04. The molecule has 2 N–H and O–H groups in total. The second kappa shape index (κ2) is 5.34. The highest BCUT2D eigenvalue weighted by Crippen LogP contribution is 2.30. The first-order chi connectivity index (χ1) is 9.74. The maximum atomic E-state index is 10.9. The van der Waals surface area contributed by atoms with Crippen molar-refractivity contribution in [3.63, 3.8) is 0 Å². The Bertz CT molecular complexity index is 617. The van der Waals surface area contributed by atoms with Gasteiger partial charge in [-0.3, -0.25) is 5.10 Å². The van der Waals surface area contributed by atoms with Crippen LogP contribution in [0.5, 0.6) is 5.75 Å². The summed E-state index contributed by atoms with van der Waals surface area (Å²) in [5.74, 6) is -0.349. The minimum Gasteiger partial charge on any atom is -0.487 e. The van der Waals surface area contributed by atoms with Crippen LogP contribution in [0.25, 0.3) is 11.3 Å². The molecule has 1 unspecified atom stereocenters. The molecule has 6 heteroatoms. The fourth-order valence-electron chi connectivity index (χ4n) is 2.14. The Morgan fingerprint density at radius 3 is 3.00 bits per heavy atom. The molecular weight excluding hydrogens is 260 g/mol. The lowest BCUT2D eigenvalue weighted by Crippen LogP contribution is -2.16. The summed E-state index contributed by atoms with van der Waals surface area (Å²) >= 11 is 0. The number of carbonyl (C=O) groups is 1. The van der Waals surface area contributed by atoms with Gasteiger partial charge in [0.05, 0.1) is 18.9 Å². The van der Waals surface area contributed by atoms with Crippen molar-refractivity contribution in [2.45, 2.75) is 12.5 Å². The molecule has 1 atom stereocenters. The summed E-state index contributed by atoms with van der Waals surface area (Å²) in [4.78, 5) is 10.9. The number of benzene rings is 1. The normalized spacial score (nSPS) is 18.1. The number of para-hydroxylation sites is 1. The van der Waals surface area contributed by atoms with Crippen LogP contribution in [0.3, 0.4) is 0 Å². The van der Waals surface area contributed by atoms with E-state index in [4.69, 9.17) is 14.6 Å². The van der Waals surface area contributed by atoms with Crippen LogP contribution in [0.1, 0.15) is 16.9 Å². The van der Waals surface area contributed by atoms with Crippen molar-refractivity contribution in [3.05, 3.63) is 36.0 Å². The summed E-state index contributed by atoms with van der Waals surface area (Å²) in [5, 5.41) is 15.4. The Balaban J connectivity index is 1.89. The highest BCUT2D eigenvalue weighted by Gasteiger charge is 2.20. The van der Waals surface area contributed by atoms with Crippen molar-refractivity contribution in [1.82, 2.24) is 10.2 Å². The third-order valence-electron chi connectivity index (χ3n) is 3.15. The van der Waals surface area contributed by atoms with E-state index in [9.17, 15) is 4.79 Å². The van der Waals surface area contributed by atoms with Gasteiger partial charge in [-0.2, -0.15) is 5.10 Å². The number of carboxylic acid groups (broad SMARTS) is 1. The number of H-pyrrole nitrogens is 1. The minimum absolute atomic E-state index is 0.0361. The van der Waals surface area contributed by atoms with Gasteiger partial charge in [0.25, 0.3) is 0 Å². The van der Waals surface area contributed by atoms with E-state index in [0.717, 1.165) is 12.0 Å². The summed E-state index contributed by atoms with van der Waals surface area (Å²) in [6, 6.07) is 8.94. The van der Waals surface area contributed by atoms with Crippen LogP contribution in [-0.2, 0) is 4.74 Å². The topological polar surface area (TPSA) is 84.4 Å². The van der Waals surface area contributed by atoms with E-state index in [0.29, 0.717) is 24.7 Å². The van der Waals surface area contributed by atoms with Gasteiger partial charge in [-0.25, -0.2) is 4.79 Å². The van der Waals surface area contributed by atoms with Gasteiger partial charge in [0.2, 0.25) is 0 Å². The Labute approximate surface area is 115 Å². The smallest absolute Gasteiger partial charge is 0.353 e. The largest absolute Gasteiger partial charge is 0.487 e. The zero-order valence-corrected chi connectivity index (χ0v) is 10.7. The van der Waals surface area contributed by atoms with E-state index in [1.54, 1.807) is 0 Å². The molecular formula is C14H14N2O4. The van der Waals surface area contributed by atoms with Gasteiger partial charge in [0.1, 0.15) is 17.5 Å². The van der Waals surface area contributed by atoms with Gasteiger partial charge in [0.15, 0.2) is 0 Å². The Morgan fingerprint density at radius 1 is 1.45 bits per heavy atom. The number of nitrogens with one attached hydrogen (secondary N) is 1. The molecule has 1 aliphatic rings. The van der Waals surface area contributed by atoms with Crippen molar-refractivity contribution >= 4 is 5.97 Å². The van der Waals surface area contributed by atoms with Crippen LogP contribution >= 0.6 is 0 Å². The Kier molecular flexibility index (Phi) is 3.39. The number of aromatic carboxylic acids is 1. The van der Waals surface area contributed by atoms with Crippen LogP contribution in [0.15, 0.2) is 30.3 Å². The zero-order chi connectivity index (χ0) is 13.9. The number of aromatic nitrogens is 2. The fraction of sp³-hybridized carbons (Fsp3) is 0.286. The van der Waals surface area contributed by atoms with Crippen molar-refractivity contribution in [3.8, 4) is 17.0 Å². The molecule has 0 saturated carbocycles. The molecule has 1 fully saturated rings. The third kappa shape index (κ3) is 2.50. The van der Waals surface area contributed by atoms with Gasteiger partial charge in [-0.1, -0.05) is 12.1 Å². The predicted octanol–water partition coefficient (Wildman–Crippen LogP) is 1.94. The molecule has 0 bridgehead atoms. The molecule has 0 radical (unpaired) electrons. The second-order valence-corrected chi connectivity index (χ2v) is 4.57. The summed E-state index contributed by atoms with van der Waals surface area (Å²) in [5.41, 5.74) is 1.37. The molecule has 1 aromatic carbocycles. The molecule has 2 aromatic rings. The standard InChI is InChI=1S/C14H14N2O4/c17-14(18)12-7-11(15-16-12)10-3-1-2-4-13(10)20-9-5-6-19-8-9/h1-4,7,9H,5-6,8H2,(H,15,16)(H,17,18). The van der Waals surface area contributed by atoms with E-state index in [-0.39, 0.29) is 11.8 Å². The fourth-order valence-corrected chi connectivity index (χ4v) is 2.14. The average Bonchev–Trinajstić information content (AvgIpc) is 3.10. The predicted molar refractivity (Wildman–Crippen MR) is 70.8 cm³/mol. The van der Waals surface area contributed by atoms with Crippen molar-refractivity contribution in [1.29, 1.82) is 0 Å². The first-order valence-corrected chi connectivity index (χ1v) is 6.36. The maximum absolute atomic E-state index is 10.9. The number of carboxylic acids is 1. The van der Waals surface area contributed by atoms with Crippen molar-refractivity contribution in [2.75, 3.05) is 13.2 Å². The number of ether oxygens (including phenoxy) is 2. The lowest BCUT2D eigenvalue weighted by molar-refractivity contribution is 0.0690. The van der Waals surface area contributed by atoms with E-state index < -0.39 is 5.97 Å². The maximum Gasteiger partial charge on any atom is 0.353 e.